The Morgan fingerprint density at radius 1 is 0.971 bits per heavy atom. The summed E-state index contributed by atoms with van der Waals surface area (Å²) < 4.78 is 45.0. The third kappa shape index (κ3) is 5.33. The van der Waals surface area contributed by atoms with Crippen LogP contribution in [0, 0.1) is 6.92 Å². The SMILES string of the molecule is Cc1ccccc1C(=O)C(C)N1CC[C@@H](Oc2ccc(C(F)(F)F)cc2)[C@@H](c2ccccc2)C1. The number of Topliss-reactive ketones (excluding diaryl/α,β-unsaturated/α-hetero) is 1. The zero-order valence-corrected chi connectivity index (χ0v) is 19.3. The van der Waals surface area contributed by atoms with E-state index < -0.39 is 11.7 Å². The van der Waals surface area contributed by atoms with E-state index in [1.165, 1.54) is 12.1 Å². The summed E-state index contributed by atoms with van der Waals surface area (Å²) >= 11 is 0. The molecule has 3 aromatic carbocycles. The van der Waals surface area contributed by atoms with Gasteiger partial charge in [0.25, 0.3) is 0 Å². The number of carbonyl (C=O) groups excluding carboxylic acids is 1. The highest BCUT2D eigenvalue weighted by molar-refractivity contribution is 6.01. The molecule has 6 heteroatoms. The Bertz CT molecular complexity index is 1110. The van der Waals surface area contributed by atoms with E-state index in [0.29, 0.717) is 25.3 Å². The predicted octanol–water partition coefficient (Wildman–Crippen LogP) is 6.52. The number of hydrogen-bond acceptors (Lipinski definition) is 3. The first kappa shape index (κ1) is 24.0. The molecule has 34 heavy (non-hydrogen) atoms. The molecule has 3 nitrogen and oxygen atoms in total. The summed E-state index contributed by atoms with van der Waals surface area (Å²) in [7, 11) is 0. The molecule has 1 unspecified atom stereocenters. The van der Waals surface area contributed by atoms with E-state index in [1.807, 2.05) is 68.4 Å². The predicted molar refractivity (Wildman–Crippen MR) is 126 cm³/mol. The van der Waals surface area contributed by atoms with Crippen molar-refractivity contribution in [2.45, 2.75) is 44.5 Å². The number of halogens is 3. The molecule has 3 atom stereocenters. The van der Waals surface area contributed by atoms with Crippen LogP contribution in [-0.4, -0.2) is 35.9 Å². The van der Waals surface area contributed by atoms with Crippen molar-refractivity contribution in [2.75, 3.05) is 13.1 Å². The number of ketones is 1. The van der Waals surface area contributed by atoms with Crippen molar-refractivity contribution in [1.29, 1.82) is 0 Å². The van der Waals surface area contributed by atoms with Gasteiger partial charge in [-0.1, -0.05) is 54.6 Å². The van der Waals surface area contributed by atoms with Crippen LogP contribution in [0.25, 0.3) is 0 Å². The molecule has 0 bridgehead atoms. The van der Waals surface area contributed by atoms with Crippen LogP contribution in [-0.2, 0) is 6.18 Å². The standard InChI is InChI=1S/C28H28F3NO2/c1-19-8-6-7-11-24(19)27(33)20(2)32-17-16-26(25(18-32)21-9-4-3-5-10-21)34-23-14-12-22(13-15-23)28(29,30)31/h3-15,20,25-26H,16-18H2,1-2H3/t20?,25-,26-/m1/s1. The van der Waals surface area contributed by atoms with Crippen molar-refractivity contribution >= 4 is 5.78 Å². The van der Waals surface area contributed by atoms with E-state index in [4.69, 9.17) is 4.74 Å². The van der Waals surface area contributed by atoms with Gasteiger partial charge >= 0.3 is 6.18 Å². The van der Waals surface area contributed by atoms with Gasteiger partial charge in [-0.15, -0.1) is 0 Å². The van der Waals surface area contributed by atoms with Crippen LogP contribution >= 0.6 is 0 Å². The highest BCUT2D eigenvalue weighted by Crippen LogP contribution is 2.34. The molecule has 1 fully saturated rings. The highest BCUT2D eigenvalue weighted by Gasteiger charge is 2.36. The summed E-state index contributed by atoms with van der Waals surface area (Å²) in [6.07, 6.45) is -3.93. The highest BCUT2D eigenvalue weighted by atomic mass is 19.4. The quantitative estimate of drug-likeness (QED) is 0.387. The van der Waals surface area contributed by atoms with E-state index >= 15 is 0 Å². The van der Waals surface area contributed by atoms with Crippen LogP contribution in [0.2, 0.25) is 0 Å². The minimum Gasteiger partial charge on any atom is -0.490 e. The largest absolute Gasteiger partial charge is 0.490 e. The number of nitrogens with zero attached hydrogens (tertiary/aromatic N) is 1. The number of benzene rings is 3. The Morgan fingerprint density at radius 3 is 2.26 bits per heavy atom. The lowest BCUT2D eigenvalue weighted by atomic mass is 9.86. The monoisotopic (exact) mass is 467 g/mol. The fraction of sp³-hybridized carbons (Fsp3) is 0.321. The Labute approximate surface area is 198 Å². The van der Waals surface area contributed by atoms with Gasteiger partial charge in [0.05, 0.1) is 11.6 Å². The minimum atomic E-state index is -4.38. The first-order valence-corrected chi connectivity index (χ1v) is 11.5. The number of hydrogen-bond donors (Lipinski definition) is 0. The summed E-state index contributed by atoms with van der Waals surface area (Å²) in [4.78, 5) is 15.4. The molecule has 1 heterocycles. The zero-order valence-electron chi connectivity index (χ0n) is 19.3. The van der Waals surface area contributed by atoms with Crippen molar-refractivity contribution in [3.63, 3.8) is 0 Å². The first-order valence-electron chi connectivity index (χ1n) is 11.5. The van der Waals surface area contributed by atoms with Crippen molar-refractivity contribution in [3.8, 4) is 5.75 Å². The maximum absolute atomic E-state index is 13.2. The van der Waals surface area contributed by atoms with Gasteiger partial charge in [-0.3, -0.25) is 9.69 Å². The van der Waals surface area contributed by atoms with Gasteiger partial charge in [-0.25, -0.2) is 0 Å². The molecule has 0 amide bonds. The maximum atomic E-state index is 13.2. The second kappa shape index (κ2) is 10.0. The molecule has 178 valence electrons. The van der Waals surface area contributed by atoms with E-state index in [-0.39, 0.29) is 23.8 Å². The third-order valence-corrected chi connectivity index (χ3v) is 6.62. The zero-order chi connectivity index (χ0) is 24.3. The van der Waals surface area contributed by atoms with E-state index in [0.717, 1.165) is 28.8 Å². The van der Waals surface area contributed by atoms with Crippen molar-refractivity contribution in [3.05, 3.63) is 101 Å². The summed E-state index contributed by atoms with van der Waals surface area (Å²) in [5, 5.41) is 0. The van der Waals surface area contributed by atoms with Gasteiger partial charge in [0.2, 0.25) is 0 Å². The molecule has 1 saturated heterocycles. The summed E-state index contributed by atoms with van der Waals surface area (Å²) in [6, 6.07) is 22.1. The molecule has 4 rings (SSSR count). The number of aryl methyl sites for hydroxylation is 1. The van der Waals surface area contributed by atoms with E-state index in [1.54, 1.807) is 0 Å². The molecule has 1 aliphatic rings. The summed E-state index contributed by atoms with van der Waals surface area (Å²) in [6.45, 7) is 5.16. The molecule has 0 aromatic heterocycles. The molecule has 0 aliphatic carbocycles. The fourth-order valence-electron chi connectivity index (χ4n) is 4.61. The lowest BCUT2D eigenvalue weighted by Crippen LogP contribution is -2.50. The number of ether oxygens (including phenoxy) is 1. The Kier molecular flexibility index (Phi) is 7.08. The van der Waals surface area contributed by atoms with Gasteiger partial charge in [-0.2, -0.15) is 13.2 Å². The van der Waals surface area contributed by atoms with Gasteiger partial charge < -0.3 is 4.74 Å². The lowest BCUT2D eigenvalue weighted by Gasteiger charge is -2.41. The van der Waals surface area contributed by atoms with Gasteiger partial charge in [0.15, 0.2) is 5.78 Å². The van der Waals surface area contributed by atoms with Gasteiger partial charge in [-0.05, 0) is 55.7 Å². The maximum Gasteiger partial charge on any atom is 0.416 e. The number of alkyl halides is 3. The number of piperidine rings is 1. The van der Waals surface area contributed by atoms with Crippen LogP contribution in [0.4, 0.5) is 13.2 Å². The molecule has 0 saturated carbocycles. The lowest BCUT2D eigenvalue weighted by molar-refractivity contribution is -0.137. The average molecular weight is 468 g/mol. The fourth-order valence-corrected chi connectivity index (χ4v) is 4.61. The van der Waals surface area contributed by atoms with Crippen LogP contribution in [0.5, 0.6) is 5.75 Å². The molecule has 0 spiro atoms. The van der Waals surface area contributed by atoms with Crippen LogP contribution in [0.1, 0.15) is 46.3 Å². The Balaban J connectivity index is 1.53. The van der Waals surface area contributed by atoms with Crippen LogP contribution in [0.3, 0.4) is 0 Å². The van der Waals surface area contributed by atoms with Crippen LogP contribution < -0.4 is 4.74 Å². The summed E-state index contributed by atoms with van der Waals surface area (Å²) in [5.74, 6) is 0.479. The van der Waals surface area contributed by atoms with Gasteiger partial charge in [0.1, 0.15) is 11.9 Å². The number of likely N-dealkylation sites (tertiary alicyclic amines) is 1. The summed E-state index contributed by atoms with van der Waals surface area (Å²) in [5.41, 5.74) is 2.08. The van der Waals surface area contributed by atoms with Crippen LogP contribution in [0.15, 0.2) is 78.9 Å². The normalized spacial score (nSPS) is 20.0. The molecule has 0 N–H and O–H groups in total. The van der Waals surface area contributed by atoms with Gasteiger partial charge in [0, 0.05) is 24.6 Å². The molecule has 3 aromatic rings. The van der Waals surface area contributed by atoms with E-state index in [9.17, 15) is 18.0 Å². The average Bonchev–Trinajstić information content (AvgIpc) is 2.84. The van der Waals surface area contributed by atoms with E-state index in [2.05, 4.69) is 4.90 Å². The minimum absolute atomic E-state index is 0.0237. The van der Waals surface area contributed by atoms with Crippen molar-refractivity contribution < 1.29 is 22.7 Å². The second-order valence-electron chi connectivity index (χ2n) is 8.83. The number of carbonyl (C=O) groups is 1. The second-order valence-corrected chi connectivity index (χ2v) is 8.83. The first-order chi connectivity index (χ1) is 16.2. The Hall–Kier alpha value is -3.12. The third-order valence-electron chi connectivity index (χ3n) is 6.62. The molecular formula is C28H28F3NO2. The molecule has 0 radical (unpaired) electrons. The Morgan fingerprint density at radius 2 is 1.62 bits per heavy atom. The van der Waals surface area contributed by atoms with Crippen molar-refractivity contribution in [1.82, 2.24) is 4.90 Å². The topological polar surface area (TPSA) is 29.5 Å². The van der Waals surface area contributed by atoms with Crippen molar-refractivity contribution in [2.24, 2.45) is 0 Å². The molecular weight excluding hydrogens is 439 g/mol. The number of rotatable bonds is 6. The molecule has 1 aliphatic heterocycles. The smallest absolute Gasteiger partial charge is 0.416 e.